The molecule has 1 aromatic rings. The minimum absolute atomic E-state index is 0.0218. The van der Waals surface area contributed by atoms with Gasteiger partial charge >= 0.3 is 0 Å². The van der Waals surface area contributed by atoms with Crippen molar-refractivity contribution in [3.05, 3.63) is 35.9 Å². The van der Waals surface area contributed by atoms with E-state index >= 15 is 0 Å². The Morgan fingerprint density at radius 1 is 1.12 bits per heavy atom. The molecule has 0 aliphatic heterocycles. The van der Waals surface area contributed by atoms with Gasteiger partial charge in [0.15, 0.2) is 0 Å². The lowest BCUT2D eigenvalue weighted by atomic mass is 9.80. The summed E-state index contributed by atoms with van der Waals surface area (Å²) in [5, 5.41) is 6.19. The normalized spacial score (nSPS) is 17.5. The van der Waals surface area contributed by atoms with Crippen LogP contribution in [0.4, 0.5) is 0 Å². The van der Waals surface area contributed by atoms with Crippen molar-refractivity contribution in [2.24, 2.45) is 5.41 Å². The number of rotatable bonds is 7. The highest BCUT2D eigenvalue weighted by Crippen LogP contribution is 2.41. The Balaban J connectivity index is 1.91. The first-order chi connectivity index (χ1) is 12.2. The lowest BCUT2D eigenvalue weighted by Gasteiger charge is -2.30. The Bertz CT molecular complexity index is 598. The molecule has 1 aliphatic carbocycles. The molecule has 0 aromatic heterocycles. The molecule has 0 bridgehead atoms. The summed E-state index contributed by atoms with van der Waals surface area (Å²) >= 11 is 0. The van der Waals surface area contributed by atoms with Crippen molar-refractivity contribution >= 4 is 11.8 Å². The minimum atomic E-state index is -0.531. The molecule has 2 rings (SSSR count). The summed E-state index contributed by atoms with van der Waals surface area (Å²) in [6.07, 6.45) is 5.80. The maximum absolute atomic E-state index is 13.0. The van der Waals surface area contributed by atoms with Crippen LogP contribution in [-0.2, 0) is 16.0 Å². The van der Waals surface area contributed by atoms with Gasteiger partial charge in [-0.1, -0.05) is 43.2 Å². The van der Waals surface area contributed by atoms with Crippen molar-refractivity contribution in [1.29, 1.82) is 0 Å². The van der Waals surface area contributed by atoms with E-state index in [1.807, 2.05) is 39.0 Å². The highest BCUT2D eigenvalue weighted by molar-refractivity contribution is 5.89. The number of aryl methyl sites for hydroxylation is 1. The molecule has 0 spiro atoms. The van der Waals surface area contributed by atoms with Crippen LogP contribution in [-0.4, -0.2) is 23.4 Å². The average Bonchev–Trinajstić information content (AvgIpc) is 3.01. The fourth-order valence-electron chi connectivity index (χ4n) is 3.78. The van der Waals surface area contributed by atoms with Gasteiger partial charge in [0.05, 0.1) is 5.41 Å². The summed E-state index contributed by atoms with van der Waals surface area (Å²) in [7, 11) is 0. The molecule has 4 nitrogen and oxygen atoms in total. The van der Waals surface area contributed by atoms with Crippen LogP contribution in [0, 0.1) is 5.41 Å². The lowest BCUT2D eigenvalue weighted by molar-refractivity contribution is -0.137. The average molecular weight is 359 g/mol. The Morgan fingerprint density at radius 2 is 1.73 bits per heavy atom. The fraction of sp³-hybridized carbons (Fsp3) is 0.636. The smallest absolute Gasteiger partial charge is 0.226 e. The topological polar surface area (TPSA) is 58.2 Å². The van der Waals surface area contributed by atoms with E-state index in [0.717, 1.165) is 38.5 Å². The molecule has 2 N–H and O–H groups in total. The summed E-state index contributed by atoms with van der Waals surface area (Å²) in [4.78, 5) is 25.4. The van der Waals surface area contributed by atoms with Crippen LogP contribution in [0.2, 0.25) is 0 Å². The zero-order chi connectivity index (χ0) is 19.2. The number of carbonyl (C=O) groups is 2. The zero-order valence-corrected chi connectivity index (χ0v) is 16.7. The molecule has 1 aliphatic rings. The van der Waals surface area contributed by atoms with E-state index in [0.29, 0.717) is 6.42 Å². The highest BCUT2D eigenvalue weighted by atomic mass is 16.2. The second kappa shape index (κ2) is 8.70. The third kappa shape index (κ3) is 6.15. The standard InChI is InChI=1S/C22H34N2O2/c1-17(12-13-18-10-6-5-7-11-18)23-20(26)22(14-8-9-15-22)16-19(25)24-21(2,3)4/h5-7,10-11,17H,8-9,12-16H2,1-4H3,(H,23,26)(H,24,25)/t17-/m0/s1. The van der Waals surface area contributed by atoms with Crippen LogP contribution >= 0.6 is 0 Å². The lowest BCUT2D eigenvalue weighted by Crippen LogP contribution is -2.48. The van der Waals surface area contributed by atoms with Crippen molar-refractivity contribution in [3.8, 4) is 0 Å². The van der Waals surface area contributed by atoms with Gasteiger partial charge in [-0.3, -0.25) is 9.59 Å². The van der Waals surface area contributed by atoms with Gasteiger partial charge in [-0.2, -0.15) is 0 Å². The molecule has 4 heteroatoms. The Kier molecular flexibility index (Phi) is 6.85. The second-order valence-corrected chi connectivity index (χ2v) is 8.86. The first-order valence-electron chi connectivity index (χ1n) is 9.86. The first-order valence-corrected chi connectivity index (χ1v) is 9.86. The molecule has 144 valence electrons. The van der Waals surface area contributed by atoms with E-state index in [1.54, 1.807) is 0 Å². The summed E-state index contributed by atoms with van der Waals surface area (Å²) in [6, 6.07) is 10.4. The number of hydrogen-bond donors (Lipinski definition) is 2. The molecular formula is C22H34N2O2. The van der Waals surface area contributed by atoms with Gasteiger partial charge in [0.25, 0.3) is 0 Å². The first kappa shape index (κ1) is 20.5. The molecule has 1 aromatic carbocycles. The molecule has 1 fully saturated rings. The number of hydrogen-bond acceptors (Lipinski definition) is 2. The second-order valence-electron chi connectivity index (χ2n) is 8.86. The molecule has 0 unspecified atom stereocenters. The fourth-order valence-corrected chi connectivity index (χ4v) is 3.78. The molecule has 2 amide bonds. The molecule has 26 heavy (non-hydrogen) atoms. The Labute approximate surface area is 158 Å². The molecule has 0 saturated heterocycles. The van der Waals surface area contributed by atoms with Crippen molar-refractivity contribution in [2.75, 3.05) is 0 Å². The number of carbonyl (C=O) groups excluding carboxylic acids is 2. The van der Waals surface area contributed by atoms with Gasteiger partial charge in [-0.05, 0) is 58.9 Å². The van der Waals surface area contributed by atoms with Gasteiger partial charge in [0, 0.05) is 18.0 Å². The highest BCUT2D eigenvalue weighted by Gasteiger charge is 2.43. The van der Waals surface area contributed by atoms with Gasteiger partial charge in [-0.15, -0.1) is 0 Å². The summed E-state index contributed by atoms with van der Waals surface area (Å²) < 4.78 is 0. The summed E-state index contributed by atoms with van der Waals surface area (Å²) in [6.45, 7) is 7.96. The van der Waals surface area contributed by atoms with E-state index in [1.165, 1.54) is 5.56 Å². The molecule has 0 heterocycles. The maximum Gasteiger partial charge on any atom is 0.226 e. The van der Waals surface area contributed by atoms with Crippen molar-refractivity contribution in [2.45, 2.75) is 84.2 Å². The molecular weight excluding hydrogens is 324 g/mol. The van der Waals surface area contributed by atoms with Crippen LogP contribution in [0.25, 0.3) is 0 Å². The molecule has 0 radical (unpaired) electrons. The van der Waals surface area contributed by atoms with Crippen LogP contribution in [0.5, 0.6) is 0 Å². The quantitative estimate of drug-likeness (QED) is 0.774. The van der Waals surface area contributed by atoms with Crippen molar-refractivity contribution < 1.29 is 9.59 Å². The maximum atomic E-state index is 13.0. The predicted molar refractivity (Wildman–Crippen MR) is 106 cm³/mol. The van der Waals surface area contributed by atoms with E-state index < -0.39 is 5.41 Å². The zero-order valence-electron chi connectivity index (χ0n) is 16.7. The van der Waals surface area contributed by atoms with Crippen LogP contribution < -0.4 is 10.6 Å². The largest absolute Gasteiger partial charge is 0.353 e. The van der Waals surface area contributed by atoms with Gasteiger partial charge in [0.2, 0.25) is 11.8 Å². The van der Waals surface area contributed by atoms with Crippen molar-refractivity contribution in [1.82, 2.24) is 10.6 Å². The predicted octanol–water partition coefficient (Wildman–Crippen LogP) is 3.99. The van der Waals surface area contributed by atoms with Crippen LogP contribution in [0.1, 0.15) is 71.8 Å². The number of benzene rings is 1. The molecule has 1 saturated carbocycles. The van der Waals surface area contributed by atoms with E-state index in [-0.39, 0.29) is 23.4 Å². The number of nitrogens with one attached hydrogen (secondary N) is 2. The SMILES string of the molecule is C[C@@H](CCc1ccccc1)NC(=O)C1(CC(=O)NC(C)(C)C)CCCC1. The Morgan fingerprint density at radius 3 is 2.31 bits per heavy atom. The van der Waals surface area contributed by atoms with Crippen molar-refractivity contribution in [3.63, 3.8) is 0 Å². The monoisotopic (exact) mass is 358 g/mol. The summed E-state index contributed by atoms with van der Waals surface area (Å²) in [5.41, 5.74) is 0.487. The number of amides is 2. The molecule has 1 atom stereocenters. The minimum Gasteiger partial charge on any atom is -0.353 e. The van der Waals surface area contributed by atoms with E-state index in [2.05, 4.69) is 29.7 Å². The van der Waals surface area contributed by atoms with E-state index in [9.17, 15) is 9.59 Å². The third-order valence-corrected chi connectivity index (χ3v) is 5.14. The van der Waals surface area contributed by atoms with Gasteiger partial charge in [-0.25, -0.2) is 0 Å². The van der Waals surface area contributed by atoms with Crippen LogP contribution in [0.15, 0.2) is 30.3 Å². The van der Waals surface area contributed by atoms with Crippen LogP contribution in [0.3, 0.4) is 0 Å². The Hall–Kier alpha value is -1.84. The van der Waals surface area contributed by atoms with Gasteiger partial charge in [0.1, 0.15) is 0 Å². The van der Waals surface area contributed by atoms with Gasteiger partial charge < -0.3 is 10.6 Å². The summed E-state index contributed by atoms with van der Waals surface area (Å²) in [5.74, 6) is 0.0334. The van der Waals surface area contributed by atoms with E-state index in [4.69, 9.17) is 0 Å². The third-order valence-electron chi connectivity index (χ3n) is 5.14.